The van der Waals surface area contributed by atoms with E-state index in [0.29, 0.717) is 39.3 Å². The minimum absolute atomic E-state index is 0.172. The summed E-state index contributed by atoms with van der Waals surface area (Å²) in [6.07, 6.45) is 0.638. The molecule has 2 heterocycles. The number of urea groups is 1. The van der Waals surface area contributed by atoms with Crippen molar-refractivity contribution in [2.45, 2.75) is 19.9 Å². The number of aromatic nitrogens is 2. The van der Waals surface area contributed by atoms with E-state index in [0.717, 1.165) is 11.3 Å². The van der Waals surface area contributed by atoms with Crippen LogP contribution >= 0.6 is 0 Å². The Morgan fingerprint density at radius 1 is 1.48 bits per heavy atom. The van der Waals surface area contributed by atoms with Crippen molar-refractivity contribution >= 4 is 12.0 Å². The molecule has 8 heteroatoms. The van der Waals surface area contributed by atoms with Gasteiger partial charge < -0.3 is 19.7 Å². The quantitative estimate of drug-likeness (QED) is 0.602. The minimum Gasteiger partial charge on any atom is -0.461 e. The van der Waals surface area contributed by atoms with Crippen molar-refractivity contribution in [2.24, 2.45) is 0 Å². The third-order valence-electron chi connectivity index (χ3n) is 3.27. The molecule has 0 unspecified atom stereocenters. The Kier molecular flexibility index (Phi) is 5.15. The van der Waals surface area contributed by atoms with E-state index in [-0.39, 0.29) is 11.7 Å². The van der Waals surface area contributed by atoms with Crippen LogP contribution in [0.1, 0.15) is 28.7 Å². The van der Waals surface area contributed by atoms with Gasteiger partial charge in [-0.2, -0.15) is 5.10 Å². The molecule has 8 nitrogen and oxygen atoms in total. The lowest BCUT2D eigenvalue weighted by Crippen LogP contribution is -2.43. The lowest BCUT2D eigenvalue weighted by Gasteiger charge is -2.27. The van der Waals surface area contributed by atoms with Gasteiger partial charge in [-0.3, -0.25) is 5.10 Å². The number of nitrogens with zero attached hydrogens (tertiary/aromatic N) is 2. The minimum atomic E-state index is -0.461. The number of hydrogen-bond donors (Lipinski definition) is 2. The van der Waals surface area contributed by atoms with Crippen LogP contribution in [0.25, 0.3) is 0 Å². The van der Waals surface area contributed by atoms with Crippen LogP contribution in [-0.2, 0) is 22.4 Å². The highest BCUT2D eigenvalue weighted by molar-refractivity contribution is 5.89. The molecule has 21 heavy (non-hydrogen) atoms. The number of ether oxygens (including phenoxy) is 2. The van der Waals surface area contributed by atoms with Crippen LogP contribution in [0.4, 0.5) is 4.79 Å². The summed E-state index contributed by atoms with van der Waals surface area (Å²) in [7, 11) is 1.58. The van der Waals surface area contributed by atoms with Gasteiger partial charge in [-0.15, -0.1) is 0 Å². The maximum atomic E-state index is 12.0. The number of amides is 2. The number of aromatic amines is 1. The number of fused-ring (bicyclic) bond motifs is 1. The van der Waals surface area contributed by atoms with Gasteiger partial charge in [0.2, 0.25) is 0 Å². The monoisotopic (exact) mass is 296 g/mol. The molecule has 1 aromatic heterocycles. The highest BCUT2D eigenvalue weighted by Gasteiger charge is 2.28. The van der Waals surface area contributed by atoms with Gasteiger partial charge in [0.1, 0.15) is 0 Å². The molecule has 1 aromatic rings. The summed E-state index contributed by atoms with van der Waals surface area (Å²) in [4.78, 5) is 25.5. The fourth-order valence-corrected chi connectivity index (χ4v) is 2.21. The van der Waals surface area contributed by atoms with E-state index in [4.69, 9.17) is 9.47 Å². The van der Waals surface area contributed by atoms with E-state index in [1.54, 1.807) is 18.9 Å². The summed E-state index contributed by atoms with van der Waals surface area (Å²) in [6.45, 7) is 3.88. The smallest absolute Gasteiger partial charge is 0.359 e. The first kappa shape index (κ1) is 15.3. The normalized spacial score (nSPS) is 13.7. The maximum absolute atomic E-state index is 12.0. The molecule has 0 spiro atoms. The van der Waals surface area contributed by atoms with Crippen LogP contribution in [-0.4, -0.2) is 60.5 Å². The molecule has 0 saturated carbocycles. The van der Waals surface area contributed by atoms with E-state index in [1.807, 2.05) is 0 Å². The summed E-state index contributed by atoms with van der Waals surface area (Å²) >= 11 is 0. The summed E-state index contributed by atoms with van der Waals surface area (Å²) in [5.74, 6) is -0.461. The zero-order valence-corrected chi connectivity index (χ0v) is 12.3. The van der Waals surface area contributed by atoms with Crippen molar-refractivity contribution in [1.29, 1.82) is 0 Å². The molecule has 0 atom stereocenters. The lowest BCUT2D eigenvalue weighted by atomic mass is 10.1. The molecular weight excluding hydrogens is 276 g/mol. The van der Waals surface area contributed by atoms with Crippen molar-refractivity contribution in [2.75, 3.05) is 33.4 Å². The van der Waals surface area contributed by atoms with E-state index in [1.165, 1.54) is 0 Å². The van der Waals surface area contributed by atoms with Gasteiger partial charge in [-0.05, 0) is 6.92 Å². The predicted octanol–water partition coefficient (Wildman–Crippen LogP) is 0.301. The number of nitrogens with one attached hydrogen (secondary N) is 2. The maximum Gasteiger partial charge on any atom is 0.359 e. The zero-order valence-electron chi connectivity index (χ0n) is 12.3. The topological polar surface area (TPSA) is 96.5 Å². The van der Waals surface area contributed by atoms with Crippen molar-refractivity contribution in [3.63, 3.8) is 0 Å². The predicted molar refractivity (Wildman–Crippen MR) is 73.9 cm³/mol. The van der Waals surface area contributed by atoms with Gasteiger partial charge in [0, 0.05) is 37.9 Å². The Labute approximate surface area is 122 Å². The second kappa shape index (κ2) is 7.07. The van der Waals surface area contributed by atoms with Gasteiger partial charge in [0.25, 0.3) is 0 Å². The van der Waals surface area contributed by atoms with E-state index in [2.05, 4.69) is 15.5 Å². The Morgan fingerprint density at radius 2 is 2.29 bits per heavy atom. The van der Waals surface area contributed by atoms with Crippen LogP contribution in [0.2, 0.25) is 0 Å². The fraction of sp³-hybridized carbons (Fsp3) is 0.615. The molecule has 0 fully saturated rings. The van der Waals surface area contributed by atoms with Gasteiger partial charge in [0.05, 0.1) is 19.8 Å². The molecule has 1 aliphatic rings. The lowest BCUT2D eigenvalue weighted by molar-refractivity contribution is 0.0516. The van der Waals surface area contributed by atoms with Crippen molar-refractivity contribution in [3.8, 4) is 0 Å². The number of carbonyl (C=O) groups is 2. The van der Waals surface area contributed by atoms with E-state index < -0.39 is 5.97 Å². The fourth-order valence-electron chi connectivity index (χ4n) is 2.21. The molecule has 2 rings (SSSR count). The van der Waals surface area contributed by atoms with Crippen LogP contribution in [0.15, 0.2) is 0 Å². The SMILES string of the molecule is CCOC(=O)c1n[nH]c2c1CN(C(=O)NCCOC)CC2. The third kappa shape index (κ3) is 3.52. The van der Waals surface area contributed by atoms with E-state index >= 15 is 0 Å². The summed E-state index contributed by atoms with van der Waals surface area (Å²) < 4.78 is 9.86. The number of carbonyl (C=O) groups excluding carboxylic acids is 2. The molecular formula is C13H20N4O4. The first-order chi connectivity index (χ1) is 10.2. The summed E-state index contributed by atoms with van der Waals surface area (Å²) in [6, 6.07) is -0.172. The molecule has 0 saturated heterocycles. The van der Waals surface area contributed by atoms with Crippen LogP contribution < -0.4 is 5.32 Å². The standard InChI is InChI=1S/C13H20N4O4/c1-3-21-12(18)11-9-8-17(6-4-10(9)15-16-11)13(19)14-5-7-20-2/h3-8H2,1-2H3,(H,14,19)(H,15,16). The molecule has 2 N–H and O–H groups in total. The third-order valence-corrected chi connectivity index (χ3v) is 3.27. The Morgan fingerprint density at radius 3 is 3.00 bits per heavy atom. The van der Waals surface area contributed by atoms with Crippen molar-refractivity contribution in [3.05, 3.63) is 17.0 Å². The molecule has 1 aliphatic heterocycles. The second-order valence-electron chi connectivity index (χ2n) is 4.65. The van der Waals surface area contributed by atoms with Gasteiger partial charge in [-0.1, -0.05) is 0 Å². The average Bonchev–Trinajstić information content (AvgIpc) is 2.90. The summed E-state index contributed by atoms with van der Waals surface area (Å²) in [5.41, 5.74) is 1.89. The van der Waals surface area contributed by atoms with Crippen LogP contribution in [0.5, 0.6) is 0 Å². The number of esters is 1. The first-order valence-electron chi connectivity index (χ1n) is 6.92. The van der Waals surface area contributed by atoms with Gasteiger partial charge in [0.15, 0.2) is 5.69 Å². The summed E-state index contributed by atoms with van der Waals surface area (Å²) in [5, 5.41) is 9.62. The van der Waals surface area contributed by atoms with Crippen LogP contribution in [0, 0.1) is 0 Å². The Bertz CT molecular complexity index is 514. The van der Waals surface area contributed by atoms with Crippen molar-refractivity contribution in [1.82, 2.24) is 20.4 Å². The number of methoxy groups -OCH3 is 1. The molecule has 0 radical (unpaired) electrons. The molecule has 0 aliphatic carbocycles. The Balaban J connectivity index is 2.03. The van der Waals surface area contributed by atoms with Gasteiger partial charge in [-0.25, -0.2) is 9.59 Å². The van der Waals surface area contributed by atoms with Gasteiger partial charge >= 0.3 is 12.0 Å². The highest BCUT2D eigenvalue weighted by atomic mass is 16.5. The molecule has 0 aromatic carbocycles. The number of rotatable bonds is 5. The van der Waals surface area contributed by atoms with E-state index in [9.17, 15) is 9.59 Å². The second-order valence-corrected chi connectivity index (χ2v) is 4.65. The highest BCUT2D eigenvalue weighted by Crippen LogP contribution is 2.21. The number of hydrogen-bond acceptors (Lipinski definition) is 5. The Hall–Kier alpha value is -2.09. The van der Waals surface area contributed by atoms with Crippen molar-refractivity contribution < 1.29 is 19.1 Å². The molecule has 116 valence electrons. The first-order valence-corrected chi connectivity index (χ1v) is 6.92. The number of H-pyrrole nitrogens is 1. The molecule has 2 amide bonds. The average molecular weight is 296 g/mol. The largest absolute Gasteiger partial charge is 0.461 e. The van der Waals surface area contributed by atoms with Crippen LogP contribution in [0.3, 0.4) is 0 Å². The molecule has 0 bridgehead atoms. The zero-order chi connectivity index (χ0) is 15.2.